The van der Waals surface area contributed by atoms with Crippen molar-refractivity contribution in [1.82, 2.24) is 8.87 Å². The van der Waals surface area contributed by atoms with E-state index in [0.717, 1.165) is 0 Å². The summed E-state index contributed by atoms with van der Waals surface area (Å²) >= 11 is 0. The minimum absolute atomic E-state index is 0.206. The fraction of sp³-hybridized carbons (Fsp3) is 0.600. The zero-order valence-corrected chi connectivity index (χ0v) is 10.0. The fourth-order valence-corrected chi connectivity index (χ4v) is 3.49. The maximum atomic E-state index is 12.1. The van der Waals surface area contributed by atoms with Crippen LogP contribution in [0.5, 0.6) is 0 Å². The summed E-state index contributed by atoms with van der Waals surface area (Å²) in [7, 11) is -1.64. The Hall–Kier alpha value is -0.850. The normalized spacial score (nSPS) is 23.5. The molecule has 0 amide bonds. The third-order valence-electron chi connectivity index (χ3n) is 2.80. The summed E-state index contributed by atoms with van der Waals surface area (Å²) in [5.41, 5.74) is 0. The van der Waals surface area contributed by atoms with Crippen LogP contribution in [0.1, 0.15) is 12.8 Å². The van der Waals surface area contributed by atoms with Gasteiger partial charge in [0.2, 0.25) is 10.0 Å². The first-order valence-electron chi connectivity index (χ1n) is 5.30. The SMILES string of the molecule is Cn1ccc(S(=O)(=O)N2CCCC(O)C2)c1. The van der Waals surface area contributed by atoms with Crippen molar-refractivity contribution < 1.29 is 13.5 Å². The molecule has 90 valence electrons. The highest BCUT2D eigenvalue weighted by Gasteiger charge is 2.29. The van der Waals surface area contributed by atoms with Crippen molar-refractivity contribution in [1.29, 1.82) is 0 Å². The van der Waals surface area contributed by atoms with Crippen LogP contribution in [-0.2, 0) is 17.1 Å². The maximum Gasteiger partial charge on any atom is 0.244 e. The lowest BCUT2D eigenvalue weighted by molar-refractivity contribution is 0.108. The third kappa shape index (κ3) is 2.14. The Morgan fingerprint density at radius 3 is 2.81 bits per heavy atom. The highest BCUT2D eigenvalue weighted by atomic mass is 32.2. The molecule has 1 atom stereocenters. The topological polar surface area (TPSA) is 62.5 Å². The van der Waals surface area contributed by atoms with E-state index in [9.17, 15) is 13.5 Å². The van der Waals surface area contributed by atoms with Crippen molar-refractivity contribution in [2.75, 3.05) is 13.1 Å². The van der Waals surface area contributed by atoms with Gasteiger partial charge < -0.3 is 9.67 Å². The molecule has 2 rings (SSSR count). The van der Waals surface area contributed by atoms with E-state index in [4.69, 9.17) is 0 Å². The number of aromatic nitrogens is 1. The minimum Gasteiger partial charge on any atom is -0.392 e. The van der Waals surface area contributed by atoms with Gasteiger partial charge in [0.1, 0.15) is 0 Å². The Bertz CT molecular complexity index is 466. The molecule has 1 aromatic heterocycles. The second-order valence-corrected chi connectivity index (χ2v) is 6.11. The zero-order valence-electron chi connectivity index (χ0n) is 9.20. The maximum absolute atomic E-state index is 12.1. The first-order valence-corrected chi connectivity index (χ1v) is 6.74. The van der Waals surface area contributed by atoms with Crippen LogP contribution in [0.15, 0.2) is 23.4 Å². The van der Waals surface area contributed by atoms with Gasteiger partial charge in [0.05, 0.1) is 11.0 Å². The summed E-state index contributed by atoms with van der Waals surface area (Å²) in [5, 5.41) is 9.48. The van der Waals surface area contributed by atoms with E-state index in [1.54, 1.807) is 30.1 Å². The monoisotopic (exact) mass is 244 g/mol. The van der Waals surface area contributed by atoms with Crippen LogP contribution in [0.25, 0.3) is 0 Å². The molecule has 0 aromatic carbocycles. The number of piperidine rings is 1. The van der Waals surface area contributed by atoms with Gasteiger partial charge in [-0.15, -0.1) is 0 Å². The summed E-state index contributed by atoms with van der Waals surface area (Å²) in [6.45, 7) is 0.700. The summed E-state index contributed by atoms with van der Waals surface area (Å²) in [6, 6.07) is 1.58. The van der Waals surface area contributed by atoms with Crippen molar-refractivity contribution in [2.45, 2.75) is 23.8 Å². The largest absolute Gasteiger partial charge is 0.392 e. The molecule has 0 spiro atoms. The van der Waals surface area contributed by atoms with E-state index in [2.05, 4.69) is 0 Å². The number of aliphatic hydroxyl groups excluding tert-OH is 1. The highest BCUT2D eigenvalue weighted by Crippen LogP contribution is 2.20. The van der Waals surface area contributed by atoms with Gasteiger partial charge >= 0.3 is 0 Å². The molecule has 1 unspecified atom stereocenters. The summed E-state index contributed by atoms with van der Waals surface area (Å²) in [5.74, 6) is 0. The van der Waals surface area contributed by atoms with E-state index >= 15 is 0 Å². The number of sulfonamides is 1. The average molecular weight is 244 g/mol. The van der Waals surface area contributed by atoms with Crippen LogP contribution in [0.4, 0.5) is 0 Å². The molecule has 0 radical (unpaired) electrons. The van der Waals surface area contributed by atoms with E-state index in [1.165, 1.54) is 4.31 Å². The quantitative estimate of drug-likeness (QED) is 0.806. The lowest BCUT2D eigenvalue weighted by Gasteiger charge is -2.28. The first kappa shape index (κ1) is 11.6. The summed E-state index contributed by atoms with van der Waals surface area (Å²) < 4.78 is 27.4. The molecule has 1 fully saturated rings. The van der Waals surface area contributed by atoms with Crippen LogP contribution in [0, 0.1) is 0 Å². The predicted octanol–water partition coefficient (Wildman–Crippen LogP) is 0.171. The van der Waals surface area contributed by atoms with Crippen molar-refractivity contribution in [3.63, 3.8) is 0 Å². The molecular formula is C10H16N2O3S. The molecule has 1 aliphatic heterocycles. The van der Waals surface area contributed by atoms with Gasteiger partial charge in [0.15, 0.2) is 0 Å². The van der Waals surface area contributed by atoms with Gasteiger partial charge in [-0.3, -0.25) is 0 Å². The molecule has 6 heteroatoms. The van der Waals surface area contributed by atoms with E-state index in [1.807, 2.05) is 0 Å². The molecule has 5 nitrogen and oxygen atoms in total. The molecule has 1 N–H and O–H groups in total. The number of hydrogen-bond donors (Lipinski definition) is 1. The van der Waals surface area contributed by atoms with Crippen LogP contribution in [-0.4, -0.2) is 41.6 Å². The number of aryl methyl sites for hydroxylation is 1. The van der Waals surface area contributed by atoms with Crippen LogP contribution >= 0.6 is 0 Å². The van der Waals surface area contributed by atoms with Crippen molar-refractivity contribution in [2.24, 2.45) is 7.05 Å². The molecule has 2 heterocycles. The Morgan fingerprint density at radius 2 is 2.25 bits per heavy atom. The zero-order chi connectivity index (χ0) is 11.8. The van der Waals surface area contributed by atoms with Gasteiger partial charge in [-0.1, -0.05) is 0 Å². The molecule has 0 saturated carbocycles. The van der Waals surface area contributed by atoms with Crippen LogP contribution in [0.3, 0.4) is 0 Å². The molecule has 1 aliphatic rings. The van der Waals surface area contributed by atoms with Crippen molar-refractivity contribution in [3.05, 3.63) is 18.5 Å². The molecule has 1 saturated heterocycles. The molecule has 0 aliphatic carbocycles. The third-order valence-corrected chi connectivity index (χ3v) is 4.65. The first-order chi connectivity index (χ1) is 7.50. The molecule has 1 aromatic rings. The average Bonchev–Trinajstić information content (AvgIpc) is 2.65. The smallest absolute Gasteiger partial charge is 0.244 e. The van der Waals surface area contributed by atoms with Gasteiger partial charge in [-0.25, -0.2) is 8.42 Å². The minimum atomic E-state index is -3.42. The van der Waals surface area contributed by atoms with Gasteiger partial charge in [0.25, 0.3) is 0 Å². The Kier molecular flexibility index (Phi) is 3.05. The van der Waals surface area contributed by atoms with E-state index in [-0.39, 0.29) is 6.54 Å². The second-order valence-electron chi connectivity index (χ2n) is 4.17. The van der Waals surface area contributed by atoms with Gasteiger partial charge in [0, 0.05) is 32.5 Å². The summed E-state index contributed by atoms with van der Waals surface area (Å²) in [6.07, 6.45) is 4.14. The molecular weight excluding hydrogens is 228 g/mol. The molecule has 0 bridgehead atoms. The number of rotatable bonds is 2. The van der Waals surface area contributed by atoms with Gasteiger partial charge in [-0.2, -0.15) is 4.31 Å². The Balaban J connectivity index is 2.25. The second kappa shape index (κ2) is 4.20. The highest BCUT2D eigenvalue weighted by molar-refractivity contribution is 7.89. The predicted molar refractivity (Wildman–Crippen MR) is 59.4 cm³/mol. The number of β-amino-alcohol motifs (C(OH)–C–C–N with tert-alkyl or cyclic N) is 1. The number of nitrogens with zero attached hydrogens (tertiary/aromatic N) is 2. The number of hydrogen-bond acceptors (Lipinski definition) is 3. The fourth-order valence-electron chi connectivity index (χ4n) is 1.92. The van der Waals surface area contributed by atoms with Crippen molar-refractivity contribution >= 4 is 10.0 Å². The Morgan fingerprint density at radius 1 is 1.50 bits per heavy atom. The van der Waals surface area contributed by atoms with Crippen molar-refractivity contribution in [3.8, 4) is 0 Å². The number of aliphatic hydroxyl groups is 1. The van der Waals surface area contributed by atoms with Crippen LogP contribution < -0.4 is 0 Å². The lowest BCUT2D eigenvalue weighted by atomic mass is 10.1. The summed E-state index contributed by atoms with van der Waals surface area (Å²) in [4.78, 5) is 0.295. The van der Waals surface area contributed by atoms with Crippen LogP contribution in [0.2, 0.25) is 0 Å². The lowest BCUT2D eigenvalue weighted by Crippen LogP contribution is -2.41. The van der Waals surface area contributed by atoms with E-state index in [0.29, 0.717) is 24.3 Å². The van der Waals surface area contributed by atoms with E-state index < -0.39 is 16.1 Å². The standard InChI is InChI=1S/C10H16N2O3S/c1-11-6-4-10(8-11)16(14,15)12-5-2-3-9(13)7-12/h4,6,8-9,13H,2-3,5,7H2,1H3. The molecule has 16 heavy (non-hydrogen) atoms. The Labute approximate surface area is 95.3 Å². The van der Waals surface area contributed by atoms with Gasteiger partial charge in [-0.05, 0) is 18.9 Å².